The minimum Gasteiger partial charge on any atom is -0.345 e. The molecule has 2 aromatic carbocycles. The molecule has 1 N–H and O–H groups in total. The molecule has 2 aromatic rings. The SMILES string of the molecule is C[C@@H](NC(=O)c1cc(Cl)ccc1F)c1cccc(C(F)(F)F)c1. The van der Waals surface area contributed by atoms with Gasteiger partial charge in [-0.25, -0.2) is 4.39 Å². The molecule has 0 heterocycles. The predicted molar refractivity (Wildman–Crippen MR) is 78.7 cm³/mol. The van der Waals surface area contributed by atoms with E-state index < -0.39 is 29.5 Å². The van der Waals surface area contributed by atoms with Gasteiger partial charge < -0.3 is 5.32 Å². The lowest BCUT2D eigenvalue weighted by Crippen LogP contribution is -2.27. The highest BCUT2D eigenvalue weighted by Crippen LogP contribution is 2.30. The first-order chi connectivity index (χ1) is 10.7. The fourth-order valence-corrected chi connectivity index (χ4v) is 2.19. The van der Waals surface area contributed by atoms with Crippen LogP contribution in [0.25, 0.3) is 0 Å². The van der Waals surface area contributed by atoms with Crippen LogP contribution < -0.4 is 5.32 Å². The third-order valence-electron chi connectivity index (χ3n) is 3.23. The zero-order chi connectivity index (χ0) is 17.2. The Kier molecular flexibility index (Phi) is 4.94. The van der Waals surface area contributed by atoms with E-state index in [9.17, 15) is 22.4 Å². The summed E-state index contributed by atoms with van der Waals surface area (Å²) in [6, 6.07) is 7.35. The molecule has 0 aliphatic heterocycles. The number of amides is 1. The summed E-state index contributed by atoms with van der Waals surface area (Å²) in [6.07, 6.45) is -4.47. The third kappa shape index (κ3) is 4.22. The van der Waals surface area contributed by atoms with Crippen LogP contribution in [0.15, 0.2) is 42.5 Å². The van der Waals surface area contributed by atoms with Crippen LogP contribution in [-0.4, -0.2) is 5.91 Å². The average Bonchev–Trinajstić information content (AvgIpc) is 2.48. The first kappa shape index (κ1) is 17.3. The molecule has 7 heteroatoms. The molecule has 2 nitrogen and oxygen atoms in total. The van der Waals surface area contributed by atoms with Gasteiger partial charge in [0.25, 0.3) is 5.91 Å². The Morgan fingerprint density at radius 2 is 1.87 bits per heavy atom. The first-order valence-corrected chi connectivity index (χ1v) is 6.99. The molecular formula is C16H12ClF4NO. The molecule has 0 spiro atoms. The zero-order valence-electron chi connectivity index (χ0n) is 11.9. The van der Waals surface area contributed by atoms with Crippen LogP contribution in [0.4, 0.5) is 17.6 Å². The molecule has 0 saturated heterocycles. The van der Waals surface area contributed by atoms with Crippen LogP contribution in [0.5, 0.6) is 0 Å². The smallest absolute Gasteiger partial charge is 0.345 e. The van der Waals surface area contributed by atoms with Gasteiger partial charge in [0.2, 0.25) is 0 Å². The van der Waals surface area contributed by atoms with E-state index in [0.717, 1.165) is 24.3 Å². The zero-order valence-corrected chi connectivity index (χ0v) is 12.7. The topological polar surface area (TPSA) is 29.1 Å². The van der Waals surface area contributed by atoms with E-state index in [1.165, 1.54) is 25.1 Å². The second-order valence-electron chi connectivity index (χ2n) is 4.94. The van der Waals surface area contributed by atoms with E-state index >= 15 is 0 Å². The van der Waals surface area contributed by atoms with Gasteiger partial charge in [-0.2, -0.15) is 13.2 Å². The number of halogens is 5. The molecule has 0 fully saturated rings. The summed E-state index contributed by atoms with van der Waals surface area (Å²) in [5.74, 6) is -1.52. The van der Waals surface area contributed by atoms with E-state index in [4.69, 9.17) is 11.6 Å². The van der Waals surface area contributed by atoms with Crippen molar-refractivity contribution in [1.82, 2.24) is 5.32 Å². The summed E-state index contributed by atoms with van der Waals surface area (Å²) in [5, 5.41) is 2.64. The maximum Gasteiger partial charge on any atom is 0.416 e. The number of nitrogens with one attached hydrogen (secondary N) is 1. The number of hydrogen-bond donors (Lipinski definition) is 1. The fraction of sp³-hybridized carbons (Fsp3) is 0.188. The van der Waals surface area contributed by atoms with Gasteiger partial charge in [-0.05, 0) is 42.8 Å². The number of carbonyl (C=O) groups excluding carboxylic acids is 1. The number of carbonyl (C=O) groups is 1. The minimum atomic E-state index is -4.47. The fourth-order valence-electron chi connectivity index (χ4n) is 2.01. The van der Waals surface area contributed by atoms with E-state index in [2.05, 4.69) is 5.32 Å². The summed E-state index contributed by atoms with van der Waals surface area (Å²) in [4.78, 5) is 12.1. The van der Waals surface area contributed by atoms with Gasteiger partial charge in [0.05, 0.1) is 17.2 Å². The molecule has 0 unspecified atom stereocenters. The third-order valence-corrected chi connectivity index (χ3v) is 3.47. The van der Waals surface area contributed by atoms with Crippen molar-refractivity contribution in [2.24, 2.45) is 0 Å². The summed E-state index contributed by atoms with van der Waals surface area (Å²) < 4.78 is 51.7. The number of rotatable bonds is 3. The van der Waals surface area contributed by atoms with Crippen molar-refractivity contribution in [3.05, 3.63) is 70.0 Å². The van der Waals surface area contributed by atoms with Crippen molar-refractivity contribution in [2.45, 2.75) is 19.1 Å². The molecule has 1 amide bonds. The maximum absolute atomic E-state index is 13.6. The summed E-state index contributed by atoms with van der Waals surface area (Å²) in [7, 11) is 0. The Morgan fingerprint density at radius 3 is 2.52 bits per heavy atom. The van der Waals surface area contributed by atoms with E-state index in [-0.39, 0.29) is 16.1 Å². The van der Waals surface area contributed by atoms with Crippen molar-refractivity contribution in [2.75, 3.05) is 0 Å². The van der Waals surface area contributed by atoms with Crippen molar-refractivity contribution < 1.29 is 22.4 Å². The van der Waals surface area contributed by atoms with Crippen molar-refractivity contribution >= 4 is 17.5 Å². The normalized spacial score (nSPS) is 12.8. The van der Waals surface area contributed by atoms with Gasteiger partial charge in [-0.1, -0.05) is 23.7 Å². The Hall–Kier alpha value is -2.08. The first-order valence-electron chi connectivity index (χ1n) is 6.61. The van der Waals surface area contributed by atoms with Gasteiger partial charge in [0.15, 0.2) is 0 Å². The number of hydrogen-bond acceptors (Lipinski definition) is 1. The molecule has 0 aliphatic rings. The highest BCUT2D eigenvalue weighted by molar-refractivity contribution is 6.31. The molecule has 0 saturated carbocycles. The van der Waals surface area contributed by atoms with Crippen LogP contribution in [0.2, 0.25) is 5.02 Å². The Morgan fingerprint density at radius 1 is 1.17 bits per heavy atom. The van der Waals surface area contributed by atoms with E-state index in [1.807, 2.05) is 0 Å². The van der Waals surface area contributed by atoms with Gasteiger partial charge in [0.1, 0.15) is 5.82 Å². The molecule has 122 valence electrons. The molecular weight excluding hydrogens is 334 g/mol. The van der Waals surface area contributed by atoms with Crippen molar-refractivity contribution in [3.63, 3.8) is 0 Å². The van der Waals surface area contributed by atoms with E-state index in [1.54, 1.807) is 0 Å². The van der Waals surface area contributed by atoms with Gasteiger partial charge >= 0.3 is 6.18 Å². The van der Waals surface area contributed by atoms with Gasteiger partial charge in [-0.3, -0.25) is 4.79 Å². The Labute approximate surface area is 135 Å². The average molecular weight is 346 g/mol. The van der Waals surface area contributed by atoms with Crippen LogP contribution in [0.3, 0.4) is 0 Å². The quantitative estimate of drug-likeness (QED) is 0.780. The number of benzene rings is 2. The molecule has 0 bridgehead atoms. The van der Waals surface area contributed by atoms with E-state index in [0.29, 0.717) is 0 Å². The maximum atomic E-state index is 13.6. The predicted octanol–water partition coefficient (Wildman–Crippen LogP) is 4.99. The molecule has 2 rings (SSSR count). The Balaban J connectivity index is 2.20. The summed E-state index contributed by atoms with van der Waals surface area (Å²) in [5.41, 5.74) is -0.822. The molecule has 0 aromatic heterocycles. The summed E-state index contributed by atoms with van der Waals surface area (Å²) in [6.45, 7) is 1.51. The molecule has 0 radical (unpaired) electrons. The highest BCUT2D eigenvalue weighted by Gasteiger charge is 2.30. The van der Waals surface area contributed by atoms with Crippen LogP contribution >= 0.6 is 11.6 Å². The van der Waals surface area contributed by atoms with Gasteiger partial charge in [0, 0.05) is 5.02 Å². The molecule has 0 aliphatic carbocycles. The lowest BCUT2D eigenvalue weighted by molar-refractivity contribution is -0.137. The monoisotopic (exact) mass is 345 g/mol. The second kappa shape index (κ2) is 6.58. The number of alkyl halides is 3. The largest absolute Gasteiger partial charge is 0.416 e. The lowest BCUT2D eigenvalue weighted by Gasteiger charge is -2.16. The lowest BCUT2D eigenvalue weighted by atomic mass is 10.0. The molecule has 23 heavy (non-hydrogen) atoms. The highest BCUT2D eigenvalue weighted by atomic mass is 35.5. The standard InChI is InChI=1S/C16H12ClF4NO/c1-9(10-3-2-4-11(7-10)16(19,20)21)22-15(23)13-8-12(17)5-6-14(13)18/h2-9H,1H3,(H,22,23)/t9-/m1/s1. The van der Waals surface area contributed by atoms with Crippen LogP contribution in [-0.2, 0) is 6.18 Å². The van der Waals surface area contributed by atoms with Crippen LogP contribution in [0, 0.1) is 5.82 Å². The molecule has 1 atom stereocenters. The second-order valence-corrected chi connectivity index (χ2v) is 5.38. The Bertz CT molecular complexity index is 730. The van der Waals surface area contributed by atoms with Crippen LogP contribution in [0.1, 0.15) is 34.5 Å². The summed E-state index contributed by atoms with van der Waals surface area (Å²) >= 11 is 5.71. The van der Waals surface area contributed by atoms with Gasteiger partial charge in [-0.15, -0.1) is 0 Å². The van der Waals surface area contributed by atoms with Crippen molar-refractivity contribution in [1.29, 1.82) is 0 Å². The van der Waals surface area contributed by atoms with Crippen molar-refractivity contribution in [3.8, 4) is 0 Å². The minimum absolute atomic E-state index is 0.184.